The highest BCUT2D eigenvalue weighted by atomic mass is 32.2. The van der Waals surface area contributed by atoms with Gasteiger partial charge in [-0.25, -0.2) is 0 Å². The Labute approximate surface area is 453 Å². The monoisotopic (exact) mass is 1060 g/mol. The maximum atomic E-state index is 14.8. The summed E-state index contributed by atoms with van der Waals surface area (Å²) in [6.07, 6.45) is 0.728. The minimum atomic E-state index is -1.41. The molecule has 0 unspecified atom stereocenters. The molecule has 13 heteroatoms. The number of carboxylic acids is 1. The van der Waals surface area contributed by atoms with Gasteiger partial charge >= 0.3 is 5.97 Å². The molecule has 0 spiro atoms. The molecule has 388 valence electrons. The zero-order chi connectivity index (χ0) is 53.0. The van der Waals surface area contributed by atoms with Crippen LogP contribution in [0.25, 0.3) is 0 Å². The lowest BCUT2D eigenvalue weighted by atomic mass is 9.84. The maximum Gasteiger partial charge on any atom is 0.306 e. The van der Waals surface area contributed by atoms with Crippen LogP contribution in [0, 0.1) is 5.92 Å². The summed E-state index contributed by atoms with van der Waals surface area (Å²) in [5, 5.41) is 44.3. The predicted octanol–water partition coefficient (Wildman–Crippen LogP) is 10.4. The number of hydrogen-bond acceptors (Lipinski definition) is 9. The van der Waals surface area contributed by atoms with E-state index in [1.165, 1.54) is 23.1 Å². The summed E-state index contributed by atoms with van der Waals surface area (Å²) in [6.45, 7) is 3.54. The average Bonchev–Trinajstić information content (AvgIpc) is 3.95. The standard InChI is InChI=1S/C62H65N3O7S3/c1-44(2)58(55(67)41-57(69)70)65-60(72)54(43-75-62(49-29-15-6-16-30-49,50-31-17-7-18-32-50)51-33-19-8-20-34-51)64-59(71)53(39-45-36-38-73-42-45)63-56(68)40-52(66)35-21-22-37-74-61(46-23-9-3-10-24-46,47-25-11-4-12-26-47)48-27-13-5-14-28-48/h3-21,23-36,38,42,44,52-55,58,66-67H,22,37,39-41,43H2,1-2H3,(H,63,68)(H,64,71)(H,65,72)(H,69,70)/t52-,53-,54-,55+,58-/m1/s1. The van der Waals surface area contributed by atoms with Crippen LogP contribution in [0.15, 0.2) is 211 Å². The van der Waals surface area contributed by atoms with E-state index in [1.54, 1.807) is 31.7 Å². The van der Waals surface area contributed by atoms with Crippen LogP contribution in [0.5, 0.6) is 0 Å². The Balaban J connectivity index is 1.10. The summed E-state index contributed by atoms with van der Waals surface area (Å²) in [7, 11) is 0. The van der Waals surface area contributed by atoms with Crippen molar-refractivity contribution in [3.05, 3.63) is 250 Å². The predicted molar refractivity (Wildman–Crippen MR) is 305 cm³/mol. The van der Waals surface area contributed by atoms with Crippen molar-refractivity contribution in [3.8, 4) is 0 Å². The van der Waals surface area contributed by atoms with Gasteiger partial charge in [0.1, 0.15) is 12.1 Å². The molecule has 6 aromatic carbocycles. The highest BCUT2D eigenvalue weighted by Gasteiger charge is 2.40. The van der Waals surface area contributed by atoms with Crippen LogP contribution in [-0.4, -0.2) is 80.8 Å². The van der Waals surface area contributed by atoms with Crippen LogP contribution in [0.2, 0.25) is 0 Å². The van der Waals surface area contributed by atoms with Crippen molar-refractivity contribution in [1.29, 1.82) is 0 Å². The Morgan fingerprint density at radius 3 is 1.39 bits per heavy atom. The smallest absolute Gasteiger partial charge is 0.306 e. The van der Waals surface area contributed by atoms with Gasteiger partial charge < -0.3 is 31.3 Å². The summed E-state index contributed by atoms with van der Waals surface area (Å²) in [5.41, 5.74) is 7.03. The van der Waals surface area contributed by atoms with E-state index in [9.17, 15) is 34.5 Å². The zero-order valence-electron chi connectivity index (χ0n) is 42.1. The number of allylic oxidation sites excluding steroid dienone is 1. The van der Waals surface area contributed by atoms with Crippen LogP contribution < -0.4 is 16.0 Å². The van der Waals surface area contributed by atoms with Crippen molar-refractivity contribution >= 4 is 58.6 Å². The molecule has 0 aliphatic heterocycles. The third-order valence-electron chi connectivity index (χ3n) is 13.0. The van der Waals surface area contributed by atoms with E-state index < -0.39 is 69.9 Å². The molecule has 0 aliphatic rings. The molecule has 1 heterocycles. The molecule has 6 N–H and O–H groups in total. The molecule has 0 aliphatic carbocycles. The van der Waals surface area contributed by atoms with Gasteiger partial charge in [0.2, 0.25) is 17.7 Å². The van der Waals surface area contributed by atoms with Crippen LogP contribution in [0.4, 0.5) is 0 Å². The van der Waals surface area contributed by atoms with Crippen molar-refractivity contribution < 1.29 is 34.5 Å². The number of aliphatic hydroxyl groups excluding tert-OH is 2. The molecule has 0 saturated carbocycles. The number of thioether (sulfide) groups is 2. The fourth-order valence-corrected chi connectivity index (χ4v) is 13.1. The lowest BCUT2D eigenvalue weighted by Gasteiger charge is -2.37. The fraction of sp³-hybridized carbons (Fsp3) is 0.258. The number of carbonyl (C=O) groups excluding carboxylic acids is 3. The highest BCUT2D eigenvalue weighted by molar-refractivity contribution is 8.00. The average molecular weight is 1060 g/mol. The number of aliphatic hydroxyl groups is 2. The first-order valence-electron chi connectivity index (χ1n) is 25.2. The van der Waals surface area contributed by atoms with Gasteiger partial charge in [-0.1, -0.05) is 208 Å². The highest BCUT2D eigenvalue weighted by Crippen LogP contribution is 2.50. The number of carbonyl (C=O) groups is 4. The molecule has 0 fully saturated rings. The van der Waals surface area contributed by atoms with Crippen molar-refractivity contribution in [1.82, 2.24) is 16.0 Å². The molecule has 1 aromatic heterocycles. The summed E-state index contributed by atoms with van der Waals surface area (Å²) in [4.78, 5) is 55.1. The Bertz CT molecular complexity index is 2680. The number of thiophene rings is 1. The Morgan fingerprint density at radius 1 is 0.560 bits per heavy atom. The molecular weight excluding hydrogens is 995 g/mol. The molecule has 10 nitrogen and oxygen atoms in total. The minimum Gasteiger partial charge on any atom is -0.481 e. The molecule has 5 atom stereocenters. The summed E-state index contributed by atoms with van der Waals surface area (Å²) >= 11 is 4.69. The SMILES string of the molecule is CC(C)[C@@H](NC(=O)[C@@H](CSC(c1ccccc1)(c1ccccc1)c1ccccc1)NC(=O)[C@@H](Cc1ccsc1)NC(=O)C[C@H](O)C=CCCSC(c1ccccc1)(c1ccccc1)c1ccccc1)[C@@H](O)CC(=O)O. The number of carboxylic acid groups (broad SMARTS) is 1. The van der Waals surface area contributed by atoms with E-state index >= 15 is 0 Å². The summed E-state index contributed by atoms with van der Waals surface area (Å²) in [6, 6.07) is 59.5. The number of amides is 3. The van der Waals surface area contributed by atoms with E-state index in [2.05, 4.69) is 88.7 Å². The van der Waals surface area contributed by atoms with Crippen molar-refractivity contribution in [2.24, 2.45) is 5.92 Å². The number of hydrogen-bond donors (Lipinski definition) is 6. The normalized spacial score (nSPS) is 13.8. The van der Waals surface area contributed by atoms with E-state index in [0.29, 0.717) is 12.2 Å². The largest absolute Gasteiger partial charge is 0.481 e. The van der Waals surface area contributed by atoms with Crippen molar-refractivity contribution in [2.75, 3.05) is 11.5 Å². The second-order valence-electron chi connectivity index (χ2n) is 18.7. The number of rotatable bonds is 27. The third-order valence-corrected chi connectivity index (χ3v) is 17.0. The lowest BCUT2D eigenvalue weighted by Crippen LogP contribution is -2.58. The quantitative estimate of drug-likeness (QED) is 0.0167. The van der Waals surface area contributed by atoms with Gasteiger partial charge in [-0.3, -0.25) is 19.2 Å². The molecule has 0 bridgehead atoms. The zero-order valence-corrected chi connectivity index (χ0v) is 44.6. The molecular formula is C62H65N3O7S3. The van der Waals surface area contributed by atoms with Crippen LogP contribution >= 0.6 is 34.9 Å². The molecule has 0 saturated heterocycles. The molecule has 7 rings (SSSR count). The molecule has 3 amide bonds. The number of nitrogens with one attached hydrogen (secondary N) is 3. The van der Waals surface area contributed by atoms with E-state index in [4.69, 9.17) is 0 Å². The topological polar surface area (TPSA) is 165 Å². The van der Waals surface area contributed by atoms with Gasteiger partial charge in [-0.2, -0.15) is 11.3 Å². The Morgan fingerprint density at radius 2 is 0.987 bits per heavy atom. The first kappa shape index (κ1) is 56.0. The first-order chi connectivity index (χ1) is 36.4. The minimum absolute atomic E-state index is 0.0141. The number of benzene rings is 6. The Kier molecular flexibility index (Phi) is 20.7. The van der Waals surface area contributed by atoms with Gasteiger partial charge in [0.25, 0.3) is 0 Å². The second kappa shape index (κ2) is 27.7. The van der Waals surface area contributed by atoms with Crippen LogP contribution in [0.1, 0.15) is 72.1 Å². The molecule has 7 aromatic rings. The van der Waals surface area contributed by atoms with Crippen molar-refractivity contribution in [3.63, 3.8) is 0 Å². The van der Waals surface area contributed by atoms with Gasteiger partial charge in [0.15, 0.2) is 0 Å². The van der Waals surface area contributed by atoms with Gasteiger partial charge in [0.05, 0.1) is 40.6 Å². The van der Waals surface area contributed by atoms with Gasteiger partial charge in [-0.15, -0.1) is 23.5 Å². The number of aliphatic carboxylic acids is 1. The second-order valence-corrected chi connectivity index (χ2v) is 22.0. The van der Waals surface area contributed by atoms with Gasteiger partial charge in [0, 0.05) is 12.2 Å². The lowest BCUT2D eigenvalue weighted by molar-refractivity contribution is -0.140. The first-order valence-corrected chi connectivity index (χ1v) is 28.1. The summed E-state index contributed by atoms with van der Waals surface area (Å²) in [5.74, 6) is -2.70. The van der Waals surface area contributed by atoms with Crippen LogP contribution in [0.3, 0.4) is 0 Å². The van der Waals surface area contributed by atoms with Crippen molar-refractivity contribution in [2.45, 2.75) is 79.4 Å². The molecule has 75 heavy (non-hydrogen) atoms. The maximum absolute atomic E-state index is 14.8. The van der Waals surface area contributed by atoms with E-state index in [0.717, 1.165) is 38.9 Å². The third kappa shape index (κ3) is 14.8. The fourth-order valence-electron chi connectivity index (χ4n) is 9.38. The van der Waals surface area contributed by atoms with Gasteiger partial charge in [-0.05, 0) is 73.9 Å². The Hall–Kier alpha value is -6.74. The van der Waals surface area contributed by atoms with E-state index in [1.807, 2.05) is 132 Å². The molecule has 0 radical (unpaired) electrons. The van der Waals surface area contributed by atoms with E-state index in [-0.39, 0.29) is 24.5 Å². The summed E-state index contributed by atoms with van der Waals surface area (Å²) < 4.78 is -1.38. The van der Waals surface area contributed by atoms with Crippen LogP contribution in [-0.2, 0) is 35.1 Å².